The van der Waals surface area contributed by atoms with Gasteiger partial charge in [-0.15, -0.1) is 0 Å². The molecule has 0 spiro atoms. The van der Waals surface area contributed by atoms with Crippen molar-refractivity contribution in [2.24, 2.45) is 17.9 Å². The fraction of sp³-hybridized carbons (Fsp3) is 0.500. The third kappa shape index (κ3) is 2.96. The highest BCUT2D eigenvalue weighted by Crippen LogP contribution is 2.05. The Morgan fingerprint density at radius 3 is 3.07 bits per heavy atom. The maximum absolute atomic E-state index is 8.37. The van der Waals surface area contributed by atoms with Crippen LogP contribution in [0.4, 0.5) is 5.82 Å². The molecule has 0 aliphatic carbocycles. The predicted molar refractivity (Wildman–Crippen MR) is 54.3 cm³/mol. The highest BCUT2D eigenvalue weighted by Gasteiger charge is 2.06. The van der Waals surface area contributed by atoms with Crippen LogP contribution in [0.15, 0.2) is 17.4 Å². The molecule has 0 aliphatic rings. The van der Waals surface area contributed by atoms with Crippen LogP contribution in [0.3, 0.4) is 0 Å². The fourth-order valence-electron chi connectivity index (χ4n) is 1.15. The number of aryl methyl sites for hydroxylation is 1. The molecular weight excluding hydrogens is 182 g/mol. The normalized spacial score (nSPS) is 14.0. The van der Waals surface area contributed by atoms with E-state index in [0.29, 0.717) is 6.42 Å². The molecule has 1 heterocycles. The third-order valence-electron chi connectivity index (χ3n) is 1.75. The van der Waals surface area contributed by atoms with Crippen molar-refractivity contribution < 1.29 is 5.21 Å². The standard InChI is InChI=1S/C8H15N5O/c1-6(5-7(9)12-14)10-8-3-4-13(2)11-8/h3-4,6,14H,5H2,1-2H3,(H2,9,12)(H,10,11). The van der Waals surface area contributed by atoms with Crippen LogP contribution in [0.5, 0.6) is 0 Å². The van der Waals surface area contributed by atoms with Gasteiger partial charge in [-0.2, -0.15) is 5.10 Å². The van der Waals surface area contributed by atoms with Crippen molar-refractivity contribution >= 4 is 11.7 Å². The molecule has 0 amide bonds. The molecule has 0 radical (unpaired) electrons. The van der Waals surface area contributed by atoms with Crippen LogP contribution in [0.25, 0.3) is 0 Å². The van der Waals surface area contributed by atoms with E-state index in [1.54, 1.807) is 4.68 Å². The van der Waals surface area contributed by atoms with Gasteiger partial charge in [0, 0.05) is 31.8 Å². The molecule has 1 aromatic heterocycles. The summed E-state index contributed by atoms with van der Waals surface area (Å²) in [6.07, 6.45) is 2.33. The summed E-state index contributed by atoms with van der Waals surface area (Å²) in [5.41, 5.74) is 5.37. The highest BCUT2D eigenvalue weighted by molar-refractivity contribution is 5.80. The van der Waals surface area contributed by atoms with E-state index in [9.17, 15) is 0 Å². The lowest BCUT2D eigenvalue weighted by Crippen LogP contribution is -2.24. The second kappa shape index (κ2) is 4.50. The lowest BCUT2D eigenvalue weighted by Gasteiger charge is -2.11. The first-order valence-electron chi connectivity index (χ1n) is 4.34. The van der Waals surface area contributed by atoms with E-state index in [0.717, 1.165) is 5.82 Å². The summed E-state index contributed by atoms with van der Waals surface area (Å²) in [4.78, 5) is 0. The Bertz CT molecular complexity index is 319. The van der Waals surface area contributed by atoms with Gasteiger partial charge in [-0.1, -0.05) is 5.16 Å². The van der Waals surface area contributed by atoms with Crippen molar-refractivity contribution in [3.05, 3.63) is 12.3 Å². The van der Waals surface area contributed by atoms with Crippen molar-refractivity contribution in [2.75, 3.05) is 5.32 Å². The van der Waals surface area contributed by atoms with Crippen LogP contribution < -0.4 is 11.1 Å². The Balaban J connectivity index is 2.45. The summed E-state index contributed by atoms with van der Waals surface area (Å²) in [5.74, 6) is 0.992. The smallest absolute Gasteiger partial charge is 0.148 e. The molecular formula is C8H15N5O. The average Bonchev–Trinajstić information content (AvgIpc) is 2.50. The summed E-state index contributed by atoms with van der Waals surface area (Å²) >= 11 is 0. The summed E-state index contributed by atoms with van der Waals surface area (Å²) in [6.45, 7) is 1.94. The zero-order valence-corrected chi connectivity index (χ0v) is 8.31. The largest absolute Gasteiger partial charge is 0.409 e. The highest BCUT2D eigenvalue weighted by atomic mass is 16.4. The van der Waals surface area contributed by atoms with E-state index in [4.69, 9.17) is 10.9 Å². The molecule has 0 fully saturated rings. The first kappa shape index (κ1) is 10.4. The minimum atomic E-state index is 0.0841. The Hall–Kier alpha value is -1.72. The predicted octanol–water partition coefficient (Wildman–Crippen LogP) is 0.357. The van der Waals surface area contributed by atoms with Gasteiger partial charge in [0.05, 0.1) is 0 Å². The van der Waals surface area contributed by atoms with Gasteiger partial charge in [0.25, 0.3) is 0 Å². The summed E-state index contributed by atoms with van der Waals surface area (Å²) in [6, 6.07) is 1.95. The zero-order valence-electron chi connectivity index (χ0n) is 8.31. The molecule has 6 heteroatoms. The summed E-state index contributed by atoms with van der Waals surface area (Å²) in [7, 11) is 1.85. The van der Waals surface area contributed by atoms with Crippen molar-refractivity contribution in [3.63, 3.8) is 0 Å². The van der Waals surface area contributed by atoms with Crippen LogP contribution in [0, 0.1) is 0 Å². The maximum Gasteiger partial charge on any atom is 0.148 e. The minimum Gasteiger partial charge on any atom is -0.409 e. The van der Waals surface area contributed by atoms with Gasteiger partial charge < -0.3 is 16.3 Å². The van der Waals surface area contributed by atoms with Gasteiger partial charge in [-0.05, 0) is 6.92 Å². The van der Waals surface area contributed by atoms with Crippen LogP contribution >= 0.6 is 0 Å². The Kier molecular flexibility index (Phi) is 3.33. The molecule has 0 saturated carbocycles. The number of hydrogen-bond donors (Lipinski definition) is 3. The first-order chi connectivity index (χ1) is 6.61. The van der Waals surface area contributed by atoms with Crippen LogP contribution in [-0.4, -0.2) is 26.9 Å². The molecule has 6 nitrogen and oxygen atoms in total. The van der Waals surface area contributed by atoms with Gasteiger partial charge in [0.1, 0.15) is 11.7 Å². The van der Waals surface area contributed by atoms with E-state index in [2.05, 4.69) is 15.6 Å². The lowest BCUT2D eigenvalue weighted by molar-refractivity contribution is 0.316. The monoisotopic (exact) mass is 197 g/mol. The number of nitrogens with zero attached hydrogens (tertiary/aromatic N) is 3. The van der Waals surface area contributed by atoms with Gasteiger partial charge in [0.15, 0.2) is 0 Å². The third-order valence-corrected chi connectivity index (χ3v) is 1.75. The molecule has 1 aromatic rings. The van der Waals surface area contributed by atoms with E-state index >= 15 is 0 Å². The zero-order chi connectivity index (χ0) is 10.6. The fourth-order valence-corrected chi connectivity index (χ4v) is 1.15. The lowest BCUT2D eigenvalue weighted by atomic mass is 10.2. The second-order valence-corrected chi connectivity index (χ2v) is 3.22. The van der Waals surface area contributed by atoms with Gasteiger partial charge >= 0.3 is 0 Å². The van der Waals surface area contributed by atoms with Crippen LogP contribution in [0.2, 0.25) is 0 Å². The molecule has 1 atom stereocenters. The van der Waals surface area contributed by atoms with E-state index < -0.39 is 0 Å². The molecule has 14 heavy (non-hydrogen) atoms. The van der Waals surface area contributed by atoms with Gasteiger partial charge in [-0.25, -0.2) is 0 Å². The van der Waals surface area contributed by atoms with Crippen molar-refractivity contribution in [1.29, 1.82) is 0 Å². The quantitative estimate of drug-likeness (QED) is 0.281. The van der Waals surface area contributed by atoms with E-state index in [1.807, 2.05) is 26.2 Å². The number of oxime groups is 1. The number of aromatic nitrogens is 2. The number of hydrogen-bond acceptors (Lipinski definition) is 4. The topological polar surface area (TPSA) is 88.5 Å². The molecule has 1 rings (SSSR count). The molecule has 1 unspecified atom stereocenters. The van der Waals surface area contributed by atoms with E-state index in [-0.39, 0.29) is 11.9 Å². The Labute approximate surface area is 82.4 Å². The van der Waals surface area contributed by atoms with Gasteiger partial charge in [0.2, 0.25) is 0 Å². The number of anilines is 1. The number of amidine groups is 1. The molecule has 0 bridgehead atoms. The van der Waals surface area contributed by atoms with Crippen LogP contribution in [-0.2, 0) is 7.05 Å². The molecule has 0 saturated heterocycles. The summed E-state index contributed by atoms with van der Waals surface area (Å²) in [5, 5.41) is 18.5. The Morgan fingerprint density at radius 1 is 1.86 bits per heavy atom. The molecule has 0 aliphatic heterocycles. The number of rotatable bonds is 4. The number of nitrogens with one attached hydrogen (secondary N) is 1. The maximum atomic E-state index is 8.37. The molecule has 0 aromatic carbocycles. The number of nitrogens with two attached hydrogens (primary N) is 1. The first-order valence-corrected chi connectivity index (χ1v) is 4.34. The summed E-state index contributed by atoms with van der Waals surface area (Å²) < 4.78 is 1.71. The van der Waals surface area contributed by atoms with Crippen molar-refractivity contribution in [2.45, 2.75) is 19.4 Å². The SMILES string of the molecule is CC(CC(N)=NO)Nc1ccn(C)n1. The molecule has 4 N–H and O–H groups in total. The second-order valence-electron chi connectivity index (χ2n) is 3.22. The Morgan fingerprint density at radius 2 is 2.57 bits per heavy atom. The molecule has 78 valence electrons. The average molecular weight is 197 g/mol. The van der Waals surface area contributed by atoms with E-state index in [1.165, 1.54) is 0 Å². The minimum absolute atomic E-state index is 0.0841. The van der Waals surface area contributed by atoms with Gasteiger partial charge in [-0.3, -0.25) is 4.68 Å². The van der Waals surface area contributed by atoms with Crippen molar-refractivity contribution in [1.82, 2.24) is 9.78 Å². The van der Waals surface area contributed by atoms with Crippen LogP contribution in [0.1, 0.15) is 13.3 Å². The van der Waals surface area contributed by atoms with Crippen molar-refractivity contribution in [3.8, 4) is 0 Å².